The van der Waals surface area contributed by atoms with Crippen molar-refractivity contribution < 1.29 is 4.12 Å². The average molecular weight is 299 g/mol. The maximum Gasteiger partial charge on any atom is 0.198 e. The average Bonchev–Trinajstić information content (AvgIpc) is 2.09. The minimum atomic E-state index is -1.71. The summed E-state index contributed by atoms with van der Waals surface area (Å²) in [6.07, 6.45) is 4.61. The fraction of sp³-hybridized carbons (Fsp3) is 0.750. The SMILES string of the molecule is CC(C)(C)/C=C/[Si](C)(C)O[Si](C)(C)/C=C/C(C)(C)C. The standard InChI is InChI=1S/C16H34OSi2/c1-15(2,3)11-13-18(7,8)17-19(9,10)14-12-16(4,5)6/h11-14H,1-10H3/b13-11+,14-12+. The lowest BCUT2D eigenvalue weighted by atomic mass is 9.98. The van der Waals surface area contributed by atoms with Crippen LogP contribution in [0.1, 0.15) is 41.5 Å². The van der Waals surface area contributed by atoms with Gasteiger partial charge in [-0.25, -0.2) is 0 Å². The highest BCUT2D eigenvalue weighted by Crippen LogP contribution is 2.23. The second kappa shape index (κ2) is 6.10. The Morgan fingerprint density at radius 2 is 0.895 bits per heavy atom. The Hall–Kier alpha value is -0.126. The fourth-order valence-electron chi connectivity index (χ4n) is 1.65. The van der Waals surface area contributed by atoms with E-state index in [1.165, 1.54) is 0 Å². The van der Waals surface area contributed by atoms with Gasteiger partial charge in [-0.15, -0.1) is 0 Å². The first-order valence-electron chi connectivity index (χ1n) is 7.23. The summed E-state index contributed by atoms with van der Waals surface area (Å²) < 4.78 is 6.52. The van der Waals surface area contributed by atoms with Gasteiger partial charge in [0.25, 0.3) is 0 Å². The Labute approximate surface area is 123 Å². The summed E-state index contributed by atoms with van der Waals surface area (Å²) in [7, 11) is -3.43. The van der Waals surface area contributed by atoms with Gasteiger partial charge in [-0.3, -0.25) is 0 Å². The van der Waals surface area contributed by atoms with Crippen LogP contribution in [0.5, 0.6) is 0 Å². The summed E-state index contributed by atoms with van der Waals surface area (Å²) in [5.41, 5.74) is 5.15. The lowest BCUT2D eigenvalue weighted by molar-refractivity contribution is 0.534. The smallest absolute Gasteiger partial charge is 0.198 e. The van der Waals surface area contributed by atoms with Crippen LogP contribution in [-0.4, -0.2) is 16.6 Å². The Balaban J connectivity index is 4.82. The molecule has 0 fully saturated rings. The van der Waals surface area contributed by atoms with Gasteiger partial charge in [0.2, 0.25) is 0 Å². The van der Waals surface area contributed by atoms with E-state index < -0.39 is 16.6 Å². The summed E-state index contributed by atoms with van der Waals surface area (Å²) in [5, 5.41) is 0. The third-order valence-corrected chi connectivity index (χ3v) is 8.64. The molecule has 0 heterocycles. The first-order valence-corrected chi connectivity index (χ1v) is 13.2. The first kappa shape index (κ1) is 18.9. The number of rotatable bonds is 4. The van der Waals surface area contributed by atoms with Crippen molar-refractivity contribution >= 4 is 16.6 Å². The predicted octanol–water partition coefficient (Wildman–Crippen LogP) is 5.70. The van der Waals surface area contributed by atoms with E-state index in [1.807, 2.05) is 0 Å². The normalized spacial score (nSPS) is 15.7. The van der Waals surface area contributed by atoms with E-state index in [4.69, 9.17) is 4.12 Å². The Kier molecular flexibility index (Phi) is 6.06. The van der Waals surface area contributed by atoms with Crippen LogP contribution in [0.25, 0.3) is 0 Å². The molecule has 0 radical (unpaired) electrons. The maximum absolute atomic E-state index is 6.52. The summed E-state index contributed by atoms with van der Waals surface area (Å²) in [6, 6.07) is 0. The highest BCUT2D eigenvalue weighted by atomic mass is 28.4. The molecule has 0 rings (SSSR count). The molecular formula is C16H34OSi2. The Morgan fingerprint density at radius 1 is 0.632 bits per heavy atom. The van der Waals surface area contributed by atoms with Crippen LogP contribution in [0.2, 0.25) is 26.2 Å². The van der Waals surface area contributed by atoms with Gasteiger partial charge in [0.15, 0.2) is 16.6 Å². The second-order valence-corrected chi connectivity index (χ2v) is 16.6. The highest BCUT2D eigenvalue weighted by molar-refractivity contribution is 6.89. The molecule has 0 aliphatic carbocycles. The summed E-state index contributed by atoms with van der Waals surface area (Å²) in [5.74, 6) is 0. The quantitative estimate of drug-likeness (QED) is 0.605. The molecule has 0 aliphatic rings. The fourth-order valence-corrected chi connectivity index (χ4v) is 9.42. The Bertz CT molecular complexity index is 305. The van der Waals surface area contributed by atoms with E-state index in [9.17, 15) is 0 Å². The van der Waals surface area contributed by atoms with Crippen molar-refractivity contribution in [3.63, 3.8) is 0 Å². The molecule has 0 aromatic rings. The molecule has 0 bridgehead atoms. The van der Waals surface area contributed by atoms with Crippen molar-refractivity contribution in [3.8, 4) is 0 Å². The van der Waals surface area contributed by atoms with Gasteiger partial charge in [0.05, 0.1) is 0 Å². The molecule has 3 heteroatoms. The van der Waals surface area contributed by atoms with E-state index in [0.717, 1.165) is 0 Å². The second-order valence-electron chi connectivity index (χ2n) is 8.71. The van der Waals surface area contributed by atoms with Gasteiger partial charge >= 0.3 is 0 Å². The maximum atomic E-state index is 6.52. The minimum Gasteiger partial charge on any atom is -0.449 e. The largest absolute Gasteiger partial charge is 0.449 e. The zero-order chi connectivity index (χ0) is 15.5. The van der Waals surface area contributed by atoms with Gasteiger partial charge in [0.1, 0.15) is 0 Å². The third kappa shape index (κ3) is 11.4. The summed E-state index contributed by atoms with van der Waals surface area (Å²) in [6.45, 7) is 22.5. The minimum absolute atomic E-state index is 0.237. The van der Waals surface area contributed by atoms with E-state index in [-0.39, 0.29) is 10.8 Å². The van der Waals surface area contributed by atoms with E-state index in [1.54, 1.807) is 0 Å². The number of hydrogen-bond acceptors (Lipinski definition) is 1. The van der Waals surface area contributed by atoms with Gasteiger partial charge in [-0.1, -0.05) is 65.1 Å². The highest BCUT2D eigenvalue weighted by Gasteiger charge is 2.30. The molecule has 0 saturated heterocycles. The van der Waals surface area contributed by atoms with E-state index in [2.05, 4.69) is 91.3 Å². The van der Waals surface area contributed by atoms with E-state index >= 15 is 0 Å². The van der Waals surface area contributed by atoms with Crippen LogP contribution in [0.3, 0.4) is 0 Å². The molecule has 0 saturated carbocycles. The molecule has 0 aromatic heterocycles. The van der Waals surface area contributed by atoms with Gasteiger partial charge < -0.3 is 4.12 Å². The molecule has 0 aliphatic heterocycles. The zero-order valence-corrected chi connectivity index (χ0v) is 16.7. The molecule has 0 atom stereocenters. The zero-order valence-electron chi connectivity index (χ0n) is 14.7. The molecule has 0 N–H and O–H groups in total. The molecule has 112 valence electrons. The van der Waals surface area contributed by atoms with Crippen LogP contribution >= 0.6 is 0 Å². The molecular weight excluding hydrogens is 264 g/mol. The van der Waals surface area contributed by atoms with Crippen molar-refractivity contribution in [2.75, 3.05) is 0 Å². The van der Waals surface area contributed by atoms with Crippen LogP contribution in [-0.2, 0) is 4.12 Å². The topological polar surface area (TPSA) is 9.23 Å². The van der Waals surface area contributed by atoms with Crippen molar-refractivity contribution in [1.29, 1.82) is 0 Å². The van der Waals surface area contributed by atoms with Gasteiger partial charge in [0, 0.05) is 0 Å². The van der Waals surface area contributed by atoms with Crippen molar-refractivity contribution in [1.82, 2.24) is 0 Å². The van der Waals surface area contributed by atoms with Crippen molar-refractivity contribution in [2.24, 2.45) is 10.8 Å². The van der Waals surface area contributed by atoms with Crippen LogP contribution in [0, 0.1) is 10.8 Å². The van der Waals surface area contributed by atoms with Crippen LogP contribution < -0.4 is 0 Å². The summed E-state index contributed by atoms with van der Waals surface area (Å²) >= 11 is 0. The lowest BCUT2D eigenvalue weighted by Gasteiger charge is -2.31. The van der Waals surface area contributed by atoms with Crippen LogP contribution in [0.15, 0.2) is 23.6 Å². The monoisotopic (exact) mass is 298 g/mol. The molecule has 0 spiro atoms. The Morgan fingerprint density at radius 3 is 1.11 bits per heavy atom. The molecule has 0 aromatic carbocycles. The molecule has 0 amide bonds. The van der Waals surface area contributed by atoms with Gasteiger partial charge in [-0.05, 0) is 37.0 Å². The molecule has 19 heavy (non-hydrogen) atoms. The molecule has 1 nitrogen and oxygen atoms in total. The van der Waals surface area contributed by atoms with Crippen molar-refractivity contribution in [2.45, 2.75) is 67.7 Å². The number of allylic oxidation sites excluding steroid dienone is 2. The van der Waals surface area contributed by atoms with Crippen LogP contribution in [0.4, 0.5) is 0 Å². The predicted molar refractivity (Wildman–Crippen MR) is 93.2 cm³/mol. The van der Waals surface area contributed by atoms with Gasteiger partial charge in [-0.2, -0.15) is 0 Å². The first-order chi connectivity index (χ1) is 8.12. The third-order valence-electron chi connectivity index (χ3n) is 2.50. The summed E-state index contributed by atoms with van der Waals surface area (Å²) in [4.78, 5) is 0. The van der Waals surface area contributed by atoms with Crippen molar-refractivity contribution in [3.05, 3.63) is 23.6 Å². The van der Waals surface area contributed by atoms with E-state index in [0.29, 0.717) is 0 Å². The lowest BCUT2D eigenvalue weighted by Crippen LogP contribution is -2.42. The number of hydrogen-bond donors (Lipinski definition) is 0. The molecule has 0 unspecified atom stereocenters.